The summed E-state index contributed by atoms with van der Waals surface area (Å²) < 4.78 is 1.07. The van der Waals surface area contributed by atoms with Crippen LogP contribution in [0.25, 0.3) is 12.2 Å². The summed E-state index contributed by atoms with van der Waals surface area (Å²) in [7, 11) is 0. The monoisotopic (exact) mass is 466 g/mol. The van der Waals surface area contributed by atoms with Crippen LogP contribution in [-0.2, 0) is 5.54 Å². The van der Waals surface area contributed by atoms with E-state index in [0.29, 0.717) is 0 Å². The molecule has 8 bridgehead atoms. The molecule has 0 radical (unpaired) electrons. The second-order valence-electron chi connectivity index (χ2n) is 8.00. The summed E-state index contributed by atoms with van der Waals surface area (Å²) in [6.45, 7) is 0. The number of hydrogen-bond acceptors (Lipinski definition) is 3. The Kier molecular flexibility index (Phi) is 4.18. The fraction of sp³-hybridized carbons (Fsp3) is 0.0769. The van der Waals surface area contributed by atoms with Crippen molar-refractivity contribution >= 4 is 39.5 Å². The zero-order valence-corrected chi connectivity index (χ0v) is 18.2. The molecule has 150 valence electrons. The van der Waals surface area contributed by atoms with Gasteiger partial charge < -0.3 is 10.3 Å². The van der Waals surface area contributed by atoms with Gasteiger partial charge in [-0.1, -0.05) is 34.1 Å². The van der Waals surface area contributed by atoms with E-state index in [9.17, 15) is 0 Å². The lowest BCUT2D eigenvalue weighted by molar-refractivity contribution is 0.506. The minimum Gasteiger partial charge on any atom is -0.372 e. The molecule has 4 nitrogen and oxygen atoms in total. The van der Waals surface area contributed by atoms with Gasteiger partial charge >= 0.3 is 0 Å². The first-order valence-electron chi connectivity index (χ1n) is 10.2. The summed E-state index contributed by atoms with van der Waals surface area (Å²) in [5.74, 6) is 0. The average Bonchev–Trinajstić information content (AvgIpc) is 3.54. The summed E-state index contributed by atoms with van der Waals surface area (Å²) in [5.41, 5.74) is 5.64. The molecule has 4 aliphatic heterocycles. The smallest absolute Gasteiger partial charge is 0.0868 e. The maximum atomic E-state index is 4.84. The van der Waals surface area contributed by atoms with Crippen molar-refractivity contribution in [1.82, 2.24) is 10.3 Å². The second kappa shape index (κ2) is 7.06. The van der Waals surface area contributed by atoms with Gasteiger partial charge in [0.1, 0.15) is 0 Å². The van der Waals surface area contributed by atoms with Gasteiger partial charge in [0.15, 0.2) is 0 Å². The van der Waals surface area contributed by atoms with E-state index in [1.165, 1.54) is 5.56 Å². The van der Waals surface area contributed by atoms with Gasteiger partial charge in [0.25, 0.3) is 0 Å². The van der Waals surface area contributed by atoms with E-state index in [4.69, 9.17) is 9.98 Å². The van der Waals surface area contributed by atoms with E-state index in [0.717, 1.165) is 50.1 Å². The number of aromatic nitrogens is 1. The molecule has 0 aliphatic carbocycles. The normalized spacial score (nSPS) is 23.2. The van der Waals surface area contributed by atoms with E-state index in [1.54, 1.807) is 0 Å². The van der Waals surface area contributed by atoms with Crippen LogP contribution in [0.1, 0.15) is 12.0 Å². The molecule has 6 rings (SSSR count). The summed E-state index contributed by atoms with van der Waals surface area (Å²) >= 11 is 3.55. The Bertz CT molecular complexity index is 1420. The SMILES string of the molecule is Brc1ccc(C23C=C4C=CC(=N4)C=C4C=CC(=N4)C=c4ccc([nH]4)=CC(=CC2)N3)cc1. The van der Waals surface area contributed by atoms with Crippen LogP contribution in [0.4, 0.5) is 0 Å². The molecule has 0 saturated heterocycles. The van der Waals surface area contributed by atoms with Crippen LogP contribution in [0, 0.1) is 0 Å². The van der Waals surface area contributed by atoms with Crippen LogP contribution in [0.3, 0.4) is 0 Å². The number of halogens is 1. The first-order chi connectivity index (χ1) is 15.1. The molecule has 4 aliphatic rings. The van der Waals surface area contributed by atoms with Gasteiger partial charge in [-0.3, -0.25) is 0 Å². The maximum absolute atomic E-state index is 4.84. The molecule has 0 amide bonds. The molecule has 2 aromatic rings. The number of rotatable bonds is 1. The lowest BCUT2D eigenvalue weighted by atomic mass is 9.87. The number of H-pyrrole nitrogens is 1. The summed E-state index contributed by atoms with van der Waals surface area (Å²) in [6, 6.07) is 12.7. The largest absolute Gasteiger partial charge is 0.372 e. The molecule has 1 atom stereocenters. The van der Waals surface area contributed by atoms with Gasteiger partial charge in [0.2, 0.25) is 0 Å². The summed E-state index contributed by atoms with van der Waals surface area (Å²) in [4.78, 5) is 13.0. The van der Waals surface area contributed by atoms with Crippen molar-refractivity contribution in [1.29, 1.82) is 0 Å². The molecular formula is C26H19BrN4. The Labute approximate surface area is 188 Å². The quantitative estimate of drug-likeness (QED) is 0.657. The average molecular weight is 467 g/mol. The van der Waals surface area contributed by atoms with E-state index >= 15 is 0 Å². The number of aromatic amines is 1. The Morgan fingerprint density at radius 2 is 1.48 bits per heavy atom. The minimum absolute atomic E-state index is 0.352. The van der Waals surface area contributed by atoms with Gasteiger partial charge in [-0.25, -0.2) is 9.98 Å². The fourth-order valence-electron chi connectivity index (χ4n) is 4.28. The van der Waals surface area contributed by atoms with E-state index < -0.39 is 0 Å². The lowest BCUT2D eigenvalue weighted by Gasteiger charge is -2.29. The number of allylic oxidation sites excluding steroid dienone is 6. The second-order valence-corrected chi connectivity index (χ2v) is 8.92. The highest BCUT2D eigenvalue weighted by molar-refractivity contribution is 9.10. The van der Waals surface area contributed by atoms with Gasteiger partial charge in [0, 0.05) is 20.9 Å². The van der Waals surface area contributed by atoms with Crippen LogP contribution in [0.15, 0.2) is 110 Å². The number of fused-ring (bicyclic) bond motifs is 6. The van der Waals surface area contributed by atoms with Crippen molar-refractivity contribution in [3.8, 4) is 0 Å². The Balaban J connectivity index is 1.53. The number of hydrogen-bond donors (Lipinski definition) is 2. The third kappa shape index (κ3) is 3.51. The number of nitrogens with zero attached hydrogens (tertiary/aromatic N) is 2. The van der Waals surface area contributed by atoms with Crippen molar-refractivity contribution in [2.75, 3.05) is 0 Å². The van der Waals surface area contributed by atoms with Gasteiger partial charge in [-0.15, -0.1) is 0 Å². The molecule has 1 unspecified atom stereocenters. The van der Waals surface area contributed by atoms with Gasteiger partial charge in [-0.05, 0) is 84.9 Å². The van der Waals surface area contributed by atoms with Crippen molar-refractivity contribution in [2.45, 2.75) is 12.0 Å². The Morgan fingerprint density at radius 1 is 0.774 bits per heavy atom. The Hall–Kier alpha value is -3.44. The fourth-order valence-corrected chi connectivity index (χ4v) is 4.54. The minimum atomic E-state index is -0.352. The first kappa shape index (κ1) is 18.3. The Morgan fingerprint density at radius 3 is 2.32 bits per heavy atom. The number of aliphatic imine (C=N–C) groups is 2. The summed E-state index contributed by atoms with van der Waals surface area (Å²) in [6.07, 6.45) is 19.7. The first-order valence-corrected chi connectivity index (χ1v) is 11.0. The van der Waals surface area contributed by atoms with Gasteiger partial charge in [-0.2, -0.15) is 0 Å². The van der Waals surface area contributed by atoms with Gasteiger partial charge in [0.05, 0.1) is 28.4 Å². The topological polar surface area (TPSA) is 52.5 Å². The molecule has 31 heavy (non-hydrogen) atoms. The lowest BCUT2D eigenvalue weighted by Crippen LogP contribution is -2.35. The maximum Gasteiger partial charge on any atom is 0.0868 e. The zero-order valence-electron chi connectivity index (χ0n) is 16.6. The molecular weight excluding hydrogens is 448 g/mol. The van der Waals surface area contributed by atoms with Crippen LogP contribution in [-0.4, -0.2) is 16.4 Å². The molecule has 5 heterocycles. The third-order valence-electron chi connectivity index (χ3n) is 5.77. The van der Waals surface area contributed by atoms with Crippen LogP contribution < -0.4 is 16.0 Å². The van der Waals surface area contributed by atoms with E-state index in [2.05, 4.69) is 93.0 Å². The van der Waals surface area contributed by atoms with Crippen LogP contribution in [0.5, 0.6) is 0 Å². The zero-order chi connectivity index (χ0) is 20.8. The molecule has 5 heteroatoms. The predicted molar refractivity (Wildman–Crippen MR) is 130 cm³/mol. The van der Waals surface area contributed by atoms with E-state index in [1.807, 2.05) is 24.3 Å². The number of nitrogens with one attached hydrogen (secondary N) is 2. The van der Waals surface area contributed by atoms with Crippen molar-refractivity contribution in [3.05, 3.63) is 117 Å². The number of benzene rings is 1. The standard InChI is InChI=1S/C26H19BrN4/c27-18-3-1-17(2-4-18)26-12-11-24(31-26)15-23-8-7-20(29-23)13-19-5-6-21(28-19)14-22-9-10-25(16-26)30-22/h1-11,13-16,29,31H,12H2. The summed E-state index contributed by atoms with van der Waals surface area (Å²) in [5, 5.41) is 5.84. The van der Waals surface area contributed by atoms with Crippen molar-refractivity contribution in [3.63, 3.8) is 0 Å². The molecule has 0 fully saturated rings. The van der Waals surface area contributed by atoms with E-state index in [-0.39, 0.29) is 5.54 Å². The molecule has 2 N–H and O–H groups in total. The third-order valence-corrected chi connectivity index (χ3v) is 6.30. The van der Waals surface area contributed by atoms with Crippen molar-refractivity contribution in [2.24, 2.45) is 9.98 Å². The predicted octanol–water partition coefficient (Wildman–Crippen LogP) is 3.91. The highest BCUT2D eigenvalue weighted by atomic mass is 79.9. The highest BCUT2D eigenvalue weighted by Gasteiger charge is 2.34. The molecule has 1 aromatic carbocycles. The molecule has 1 aromatic heterocycles. The van der Waals surface area contributed by atoms with Crippen molar-refractivity contribution < 1.29 is 0 Å². The highest BCUT2D eigenvalue weighted by Crippen LogP contribution is 2.36. The van der Waals surface area contributed by atoms with Crippen LogP contribution in [0.2, 0.25) is 0 Å². The molecule has 0 saturated carbocycles. The molecule has 0 spiro atoms. The van der Waals surface area contributed by atoms with Crippen LogP contribution >= 0.6 is 15.9 Å².